The summed E-state index contributed by atoms with van der Waals surface area (Å²) in [5.74, 6) is 0.961. The van der Waals surface area contributed by atoms with Gasteiger partial charge >= 0.3 is 0 Å². The SMILES string of the molecule is O=C(CNCCCc1ccccc1)N1CCC(Cc2ccccc2)CC1. The lowest BCUT2D eigenvalue weighted by Crippen LogP contribution is -2.43. The molecule has 0 aromatic heterocycles. The van der Waals surface area contributed by atoms with E-state index in [1.54, 1.807) is 0 Å². The van der Waals surface area contributed by atoms with Crippen LogP contribution in [0.5, 0.6) is 0 Å². The normalized spacial score (nSPS) is 15.2. The number of aryl methyl sites for hydroxylation is 1. The van der Waals surface area contributed by atoms with E-state index < -0.39 is 0 Å². The average molecular weight is 351 g/mol. The number of piperidine rings is 1. The topological polar surface area (TPSA) is 32.3 Å². The molecule has 3 nitrogen and oxygen atoms in total. The highest BCUT2D eigenvalue weighted by molar-refractivity contribution is 5.78. The lowest BCUT2D eigenvalue weighted by Gasteiger charge is -2.32. The molecule has 1 aliphatic heterocycles. The second-order valence-electron chi connectivity index (χ2n) is 7.28. The van der Waals surface area contributed by atoms with E-state index in [4.69, 9.17) is 0 Å². The number of amides is 1. The zero-order valence-electron chi connectivity index (χ0n) is 15.6. The summed E-state index contributed by atoms with van der Waals surface area (Å²) in [4.78, 5) is 14.4. The largest absolute Gasteiger partial charge is 0.342 e. The van der Waals surface area contributed by atoms with Crippen LogP contribution in [0, 0.1) is 5.92 Å². The lowest BCUT2D eigenvalue weighted by atomic mass is 9.90. The van der Waals surface area contributed by atoms with Crippen molar-refractivity contribution in [3.63, 3.8) is 0 Å². The van der Waals surface area contributed by atoms with E-state index in [2.05, 4.69) is 59.9 Å². The van der Waals surface area contributed by atoms with Crippen molar-refractivity contribution in [1.29, 1.82) is 0 Å². The van der Waals surface area contributed by atoms with Crippen molar-refractivity contribution in [1.82, 2.24) is 10.2 Å². The molecule has 0 aliphatic carbocycles. The summed E-state index contributed by atoms with van der Waals surface area (Å²) in [6.07, 6.45) is 5.51. The van der Waals surface area contributed by atoms with Crippen LogP contribution < -0.4 is 5.32 Å². The van der Waals surface area contributed by atoms with Gasteiger partial charge < -0.3 is 10.2 Å². The standard InChI is InChI=1S/C23H30N2O/c26-23(19-24-15-7-12-20-8-3-1-4-9-20)25-16-13-22(14-17-25)18-21-10-5-2-6-11-21/h1-6,8-11,22,24H,7,12-19H2. The molecule has 1 fully saturated rings. The van der Waals surface area contributed by atoms with Crippen LogP contribution in [0.15, 0.2) is 60.7 Å². The highest BCUT2D eigenvalue weighted by Crippen LogP contribution is 2.21. The third-order valence-corrected chi connectivity index (χ3v) is 5.27. The van der Waals surface area contributed by atoms with Crippen LogP contribution >= 0.6 is 0 Å². The molecular formula is C23H30N2O. The number of rotatable bonds is 8. The summed E-state index contributed by atoms with van der Waals surface area (Å²) in [5.41, 5.74) is 2.78. The summed E-state index contributed by atoms with van der Waals surface area (Å²) >= 11 is 0. The van der Waals surface area contributed by atoms with Crippen molar-refractivity contribution >= 4 is 5.91 Å². The molecule has 138 valence electrons. The van der Waals surface area contributed by atoms with Crippen molar-refractivity contribution in [2.24, 2.45) is 5.92 Å². The van der Waals surface area contributed by atoms with Crippen molar-refractivity contribution < 1.29 is 4.79 Å². The first-order chi connectivity index (χ1) is 12.8. The quantitative estimate of drug-likeness (QED) is 0.737. The number of nitrogens with one attached hydrogen (secondary N) is 1. The van der Waals surface area contributed by atoms with E-state index >= 15 is 0 Å². The molecule has 0 spiro atoms. The third kappa shape index (κ3) is 5.99. The van der Waals surface area contributed by atoms with Gasteiger partial charge in [-0.2, -0.15) is 0 Å². The number of likely N-dealkylation sites (tertiary alicyclic amines) is 1. The van der Waals surface area contributed by atoms with Crippen LogP contribution in [0.4, 0.5) is 0 Å². The predicted octanol–water partition coefficient (Wildman–Crippen LogP) is 3.69. The summed E-state index contributed by atoms with van der Waals surface area (Å²) in [6.45, 7) is 3.17. The fraction of sp³-hybridized carbons (Fsp3) is 0.435. The van der Waals surface area contributed by atoms with Crippen molar-refractivity contribution in [3.8, 4) is 0 Å². The maximum Gasteiger partial charge on any atom is 0.236 e. The third-order valence-electron chi connectivity index (χ3n) is 5.27. The maximum absolute atomic E-state index is 12.4. The minimum Gasteiger partial charge on any atom is -0.342 e. The molecule has 0 unspecified atom stereocenters. The molecule has 1 heterocycles. The Labute approximate surface area is 157 Å². The first-order valence-electron chi connectivity index (χ1n) is 9.87. The minimum atomic E-state index is 0.253. The molecule has 26 heavy (non-hydrogen) atoms. The highest BCUT2D eigenvalue weighted by atomic mass is 16.2. The van der Waals surface area contributed by atoms with Gasteiger partial charge in [-0.15, -0.1) is 0 Å². The first-order valence-corrected chi connectivity index (χ1v) is 9.87. The number of hydrogen-bond acceptors (Lipinski definition) is 2. The molecule has 0 radical (unpaired) electrons. The number of hydrogen-bond donors (Lipinski definition) is 1. The summed E-state index contributed by atoms with van der Waals surface area (Å²) in [5, 5.41) is 3.31. The lowest BCUT2D eigenvalue weighted by molar-refractivity contribution is -0.131. The van der Waals surface area contributed by atoms with Gasteiger partial charge in [-0.05, 0) is 55.7 Å². The van der Waals surface area contributed by atoms with E-state index in [-0.39, 0.29) is 5.91 Å². The molecule has 2 aromatic carbocycles. The Hall–Kier alpha value is -2.13. The Morgan fingerprint density at radius 2 is 1.54 bits per heavy atom. The molecule has 1 saturated heterocycles. The van der Waals surface area contributed by atoms with E-state index in [1.807, 2.05) is 11.0 Å². The van der Waals surface area contributed by atoms with E-state index in [0.29, 0.717) is 12.5 Å². The van der Waals surface area contributed by atoms with E-state index in [1.165, 1.54) is 11.1 Å². The molecule has 1 amide bonds. The Morgan fingerprint density at radius 1 is 0.923 bits per heavy atom. The molecule has 3 rings (SSSR count). The van der Waals surface area contributed by atoms with Crippen LogP contribution in [-0.2, 0) is 17.6 Å². The monoisotopic (exact) mass is 350 g/mol. The van der Waals surface area contributed by atoms with Gasteiger partial charge in [0.15, 0.2) is 0 Å². The van der Waals surface area contributed by atoms with Crippen molar-refractivity contribution in [3.05, 3.63) is 71.8 Å². The Balaban J connectivity index is 1.29. The molecule has 3 heteroatoms. The van der Waals surface area contributed by atoms with Crippen LogP contribution in [0.1, 0.15) is 30.4 Å². The Morgan fingerprint density at radius 3 is 2.19 bits per heavy atom. The summed E-state index contributed by atoms with van der Waals surface area (Å²) < 4.78 is 0. The molecule has 1 aliphatic rings. The maximum atomic E-state index is 12.4. The van der Waals surface area contributed by atoms with Gasteiger partial charge in [0.2, 0.25) is 5.91 Å². The van der Waals surface area contributed by atoms with E-state index in [9.17, 15) is 4.79 Å². The molecular weight excluding hydrogens is 320 g/mol. The van der Waals surface area contributed by atoms with Gasteiger partial charge in [0.25, 0.3) is 0 Å². The Bertz CT molecular complexity index is 648. The van der Waals surface area contributed by atoms with Crippen LogP contribution in [0.25, 0.3) is 0 Å². The van der Waals surface area contributed by atoms with Crippen molar-refractivity contribution in [2.45, 2.75) is 32.1 Å². The van der Waals surface area contributed by atoms with Crippen LogP contribution in [-0.4, -0.2) is 37.0 Å². The molecule has 0 saturated carbocycles. The summed E-state index contributed by atoms with van der Waals surface area (Å²) in [6, 6.07) is 21.2. The second-order valence-corrected chi connectivity index (χ2v) is 7.28. The van der Waals surface area contributed by atoms with Gasteiger partial charge in [-0.3, -0.25) is 4.79 Å². The molecule has 0 bridgehead atoms. The van der Waals surface area contributed by atoms with E-state index in [0.717, 1.165) is 51.7 Å². The number of benzene rings is 2. The molecule has 0 atom stereocenters. The molecule has 1 N–H and O–H groups in total. The number of carbonyl (C=O) groups excluding carboxylic acids is 1. The zero-order chi connectivity index (χ0) is 18.0. The summed E-state index contributed by atoms with van der Waals surface area (Å²) in [7, 11) is 0. The fourth-order valence-corrected chi connectivity index (χ4v) is 3.70. The first kappa shape index (κ1) is 18.7. The average Bonchev–Trinajstić information content (AvgIpc) is 2.70. The molecule has 2 aromatic rings. The second kappa shape index (κ2) is 10.1. The van der Waals surface area contributed by atoms with Crippen LogP contribution in [0.2, 0.25) is 0 Å². The Kier molecular flexibility index (Phi) is 7.26. The zero-order valence-corrected chi connectivity index (χ0v) is 15.6. The van der Waals surface area contributed by atoms with Gasteiger partial charge in [-0.25, -0.2) is 0 Å². The fourth-order valence-electron chi connectivity index (χ4n) is 3.70. The predicted molar refractivity (Wildman–Crippen MR) is 107 cm³/mol. The van der Waals surface area contributed by atoms with Crippen molar-refractivity contribution in [2.75, 3.05) is 26.2 Å². The smallest absolute Gasteiger partial charge is 0.236 e. The minimum absolute atomic E-state index is 0.253. The van der Waals surface area contributed by atoms with Crippen LogP contribution in [0.3, 0.4) is 0 Å². The van der Waals surface area contributed by atoms with Gasteiger partial charge in [0.1, 0.15) is 0 Å². The van der Waals surface area contributed by atoms with Gasteiger partial charge in [0, 0.05) is 13.1 Å². The highest BCUT2D eigenvalue weighted by Gasteiger charge is 2.22. The van der Waals surface area contributed by atoms with Gasteiger partial charge in [-0.1, -0.05) is 60.7 Å². The number of carbonyl (C=O) groups is 1. The number of nitrogens with zero attached hydrogens (tertiary/aromatic N) is 1. The van der Waals surface area contributed by atoms with Gasteiger partial charge in [0.05, 0.1) is 6.54 Å².